The van der Waals surface area contributed by atoms with Crippen molar-refractivity contribution < 1.29 is 14.3 Å². The van der Waals surface area contributed by atoms with Crippen LogP contribution in [0.3, 0.4) is 0 Å². The van der Waals surface area contributed by atoms with Gasteiger partial charge >= 0.3 is 0 Å². The first-order chi connectivity index (χ1) is 28.6. The largest absolute Gasteiger partial charge is 0.495 e. The summed E-state index contributed by atoms with van der Waals surface area (Å²) < 4.78 is 13.7. The molecule has 1 aliphatic carbocycles. The number of nitriles is 1. The van der Waals surface area contributed by atoms with Crippen LogP contribution < -0.4 is 24.6 Å². The summed E-state index contributed by atoms with van der Waals surface area (Å²) in [6.07, 6.45) is 6.66. The molecule has 9 rings (SSSR count). The van der Waals surface area contributed by atoms with Crippen molar-refractivity contribution in [3.05, 3.63) is 99.1 Å². The van der Waals surface area contributed by atoms with E-state index in [1.165, 1.54) is 21.7 Å². The molecule has 0 unspecified atom stereocenters. The molecule has 3 aliphatic heterocycles. The second-order valence-corrected chi connectivity index (χ2v) is 17.8. The van der Waals surface area contributed by atoms with Crippen molar-refractivity contribution >= 4 is 34.5 Å². The summed E-state index contributed by atoms with van der Waals surface area (Å²) in [5, 5.41) is 31.4. The average molecular weight is 811 g/mol. The molecule has 1 spiro atoms. The molecule has 6 heterocycles. The van der Waals surface area contributed by atoms with Gasteiger partial charge in [-0.3, -0.25) is 14.4 Å². The minimum Gasteiger partial charge on any atom is -0.495 e. The average Bonchev–Trinajstić information content (AvgIpc) is 3.92. The van der Waals surface area contributed by atoms with Gasteiger partial charge in [0.1, 0.15) is 34.4 Å². The maximum absolute atomic E-state index is 13.2. The van der Waals surface area contributed by atoms with Gasteiger partial charge in [0.15, 0.2) is 17.3 Å². The SMILES string of the molecule is COc1cc(OC2CCC(NC(=O)c3ccc(N4CCC5(CCN(c6ccc(C7=N[C@@H](C)c8nnc(C)n8-c8sc(C)c(C)c87)cc6)CC5)C4)nn3)CC2)ccc1C#N. The van der Waals surface area contributed by atoms with Crippen molar-refractivity contribution in [2.24, 2.45) is 10.4 Å². The molecule has 1 N–H and O–H groups in total. The third-order valence-corrected chi connectivity index (χ3v) is 14.1. The molecule has 1 saturated carbocycles. The Labute approximate surface area is 349 Å². The Balaban J connectivity index is 0.769. The molecule has 2 saturated heterocycles. The number of amides is 1. The molecular weight excluding hydrogens is 761 g/mol. The predicted octanol–water partition coefficient (Wildman–Crippen LogP) is 7.45. The number of nitrogens with one attached hydrogen (secondary N) is 1. The topological polar surface area (TPSA) is 147 Å². The monoisotopic (exact) mass is 810 g/mol. The van der Waals surface area contributed by atoms with Gasteiger partial charge in [-0.1, -0.05) is 12.1 Å². The van der Waals surface area contributed by atoms with Gasteiger partial charge in [-0.15, -0.1) is 31.7 Å². The standard InChI is InChI=1S/C45H50N10O3S/c1-27-29(3)59-44-40(27)41(47-28(2)42-52-49-30(4)55(42)44)31-6-11-34(12-7-31)53-21-18-45(19-22-53)20-23-54(26-45)39-17-16-37(50-51-39)43(56)48-33-9-14-35(15-10-33)58-36-13-8-32(25-46)38(24-36)57-5/h6-8,11-13,16-17,24,28,33,35H,9-10,14-15,18-23,26H2,1-5H3,(H,48,56)/t28-,33?,35?/m0/s1. The van der Waals surface area contributed by atoms with E-state index >= 15 is 0 Å². The number of aliphatic imine (C=N–C) groups is 1. The van der Waals surface area contributed by atoms with Crippen molar-refractivity contribution in [2.45, 2.75) is 90.8 Å². The molecule has 13 nitrogen and oxygen atoms in total. The number of aromatic nitrogens is 5. The van der Waals surface area contributed by atoms with Crippen LogP contribution in [-0.2, 0) is 0 Å². The number of anilines is 2. The van der Waals surface area contributed by atoms with Gasteiger partial charge < -0.3 is 24.6 Å². The zero-order valence-electron chi connectivity index (χ0n) is 34.4. The summed E-state index contributed by atoms with van der Waals surface area (Å²) in [6, 6.07) is 20.1. The number of benzene rings is 2. The maximum atomic E-state index is 13.2. The number of thiophene rings is 1. The summed E-state index contributed by atoms with van der Waals surface area (Å²) in [6.45, 7) is 12.4. The normalized spacial score (nSPS) is 20.9. The smallest absolute Gasteiger partial charge is 0.272 e. The van der Waals surface area contributed by atoms with Gasteiger partial charge in [-0.05, 0) is 120 Å². The Kier molecular flexibility index (Phi) is 10.3. The molecule has 304 valence electrons. The maximum Gasteiger partial charge on any atom is 0.272 e. The molecule has 3 fully saturated rings. The van der Waals surface area contributed by atoms with E-state index in [1.807, 2.05) is 13.0 Å². The summed E-state index contributed by atoms with van der Waals surface area (Å²) in [4.78, 5) is 24.5. The molecule has 5 aromatic rings. The minimum absolute atomic E-state index is 0.0409. The number of carbonyl (C=O) groups is 1. The fraction of sp³-hybridized carbons (Fsp3) is 0.444. The molecule has 2 aromatic carbocycles. The number of aryl methyl sites for hydroxylation is 2. The predicted molar refractivity (Wildman–Crippen MR) is 229 cm³/mol. The Hall–Kier alpha value is -5.81. The molecule has 14 heteroatoms. The van der Waals surface area contributed by atoms with Crippen molar-refractivity contribution in [1.82, 2.24) is 30.3 Å². The van der Waals surface area contributed by atoms with Gasteiger partial charge in [0.25, 0.3) is 5.91 Å². The molecule has 0 radical (unpaired) electrons. The van der Waals surface area contributed by atoms with E-state index in [0.717, 1.165) is 105 Å². The van der Waals surface area contributed by atoms with E-state index in [-0.39, 0.29) is 29.5 Å². The highest BCUT2D eigenvalue weighted by Gasteiger charge is 2.41. The van der Waals surface area contributed by atoms with Crippen LogP contribution in [0.5, 0.6) is 11.5 Å². The second kappa shape index (κ2) is 15.7. The van der Waals surface area contributed by atoms with Crippen LogP contribution >= 0.6 is 11.3 Å². The van der Waals surface area contributed by atoms with E-state index in [4.69, 9.17) is 14.5 Å². The van der Waals surface area contributed by atoms with Crippen LogP contribution in [0.25, 0.3) is 5.00 Å². The lowest BCUT2D eigenvalue weighted by Crippen LogP contribution is -2.41. The van der Waals surface area contributed by atoms with Crippen LogP contribution in [0.1, 0.15) is 107 Å². The van der Waals surface area contributed by atoms with Crippen molar-refractivity contribution in [3.8, 4) is 22.6 Å². The van der Waals surface area contributed by atoms with Crippen LogP contribution in [0, 0.1) is 37.5 Å². The van der Waals surface area contributed by atoms with Gasteiger partial charge in [0.2, 0.25) is 0 Å². The van der Waals surface area contributed by atoms with Crippen LogP contribution in [0.15, 0.2) is 59.6 Å². The van der Waals surface area contributed by atoms with E-state index in [9.17, 15) is 10.1 Å². The van der Waals surface area contributed by atoms with Gasteiger partial charge in [-0.25, -0.2) is 0 Å². The quantitative estimate of drug-likeness (QED) is 0.168. The highest BCUT2D eigenvalue weighted by molar-refractivity contribution is 7.15. The van der Waals surface area contributed by atoms with Gasteiger partial charge in [0, 0.05) is 60.0 Å². The first-order valence-electron chi connectivity index (χ1n) is 20.7. The highest BCUT2D eigenvalue weighted by Crippen LogP contribution is 2.43. The molecular formula is C45H50N10O3S. The highest BCUT2D eigenvalue weighted by atomic mass is 32.1. The Bertz CT molecular complexity index is 2430. The zero-order valence-corrected chi connectivity index (χ0v) is 35.2. The number of hydrogen-bond donors (Lipinski definition) is 1. The Morgan fingerprint density at radius 3 is 2.36 bits per heavy atom. The van der Waals surface area contributed by atoms with Crippen LogP contribution in [0.2, 0.25) is 0 Å². The first kappa shape index (κ1) is 38.7. The van der Waals surface area contributed by atoms with Gasteiger partial charge in [-0.2, -0.15) is 5.26 Å². The zero-order chi connectivity index (χ0) is 40.8. The molecule has 4 aliphatic rings. The summed E-state index contributed by atoms with van der Waals surface area (Å²) in [7, 11) is 1.55. The second-order valence-electron chi connectivity index (χ2n) is 16.6. The number of ether oxygens (including phenoxy) is 2. The number of fused-ring (bicyclic) bond motifs is 3. The van der Waals surface area contributed by atoms with Gasteiger partial charge in [0.05, 0.1) is 24.5 Å². The van der Waals surface area contributed by atoms with E-state index < -0.39 is 0 Å². The van der Waals surface area contributed by atoms with Crippen molar-refractivity contribution in [2.75, 3.05) is 43.1 Å². The molecule has 0 bridgehead atoms. The summed E-state index contributed by atoms with van der Waals surface area (Å²) in [5.41, 5.74) is 6.91. The number of hydrogen-bond acceptors (Lipinski definition) is 12. The number of nitrogens with zero attached hydrogens (tertiary/aromatic N) is 9. The van der Waals surface area contributed by atoms with Crippen LogP contribution in [0.4, 0.5) is 11.5 Å². The minimum atomic E-state index is -0.193. The lowest BCUT2D eigenvalue weighted by atomic mass is 9.77. The first-order valence-corrected chi connectivity index (χ1v) is 21.5. The van der Waals surface area contributed by atoms with E-state index in [0.29, 0.717) is 22.8 Å². The third kappa shape index (κ3) is 7.41. The molecule has 1 atom stereocenters. The Morgan fingerprint density at radius 2 is 1.66 bits per heavy atom. The van der Waals surface area contributed by atoms with Crippen molar-refractivity contribution in [3.63, 3.8) is 0 Å². The summed E-state index contributed by atoms with van der Waals surface area (Å²) >= 11 is 1.79. The molecule has 1 amide bonds. The number of carbonyl (C=O) groups excluding carboxylic acids is 1. The fourth-order valence-electron chi connectivity index (χ4n) is 9.32. The fourth-order valence-corrected chi connectivity index (χ4v) is 10.5. The van der Waals surface area contributed by atoms with Crippen molar-refractivity contribution in [1.29, 1.82) is 5.26 Å². The molecule has 3 aromatic heterocycles. The van der Waals surface area contributed by atoms with E-state index in [2.05, 4.69) is 91.2 Å². The van der Waals surface area contributed by atoms with Crippen LogP contribution in [-0.4, -0.2) is 82.0 Å². The molecule has 59 heavy (non-hydrogen) atoms. The number of piperidine rings is 1. The third-order valence-electron chi connectivity index (χ3n) is 12.9. The number of methoxy groups -OCH3 is 1. The summed E-state index contributed by atoms with van der Waals surface area (Å²) in [5.74, 6) is 3.60. The van der Waals surface area contributed by atoms with E-state index in [1.54, 1.807) is 42.7 Å². The lowest BCUT2D eigenvalue weighted by molar-refractivity contribution is 0.0888. The number of rotatable bonds is 8. The Morgan fingerprint density at radius 1 is 0.915 bits per heavy atom. The lowest BCUT2D eigenvalue weighted by Gasteiger charge is -2.40.